The summed E-state index contributed by atoms with van der Waals surface area (Å²) >= 11 is 0. The van der Waals surface area contributed by atoms with Gasteiger partial charge in [-0.3, -0.25) is 4.72 Å². The van der Waals surface area contributed by atoms with Gasteiger partial charge in [-0.05, 0) is 18.1 Å². The number of anilines is 2. The van der Waals surface area contributed by atoms with Crippen LogP contribution >= 0.6 is 0 Å². The lowest BCUT2D eigenvalue weighted by atomic mass is 10.1. The van der Waals surface area contributed by atoms with Crippen LogP contribution in [0.15, 0.2) is 18.2 Å². The maximum Gasteiger partial charge on any atom is 0.232 e. The molecule has 0 unspecified atom stereocenters. The molecule has 1 rings (SSSR count). The maximum atomic E-state index is 11.8. The minimum atomic E-state index is -3.39. The summed E-state index contributed by atoms with van der Waals surface area (Å²) in [6.07, 6.45) is 1.04. The summed E-state index contributed by atoms with van der Waals surface area (Å²) in [6, 6.07) is 4.87. The highest BCUT2D eigenvalue weighted by molar-refractivity contribution is 7.92. The normalized spacial score (nSPS) is 11.5. The van der Waals surface area contributed by atoms with Gasteiger partial charge in [0.05, 0.1) is 11.4 Å². The molecule has 0 aliphatic rings. The van der Waals surface area contributed by atoms with E-state index in [1.54, 1.807) is 18.2 Å². The summed E-state index contributed by atoms with van der Waals surface area (Å²) in [6.45, 7) is 3.66. The van der Waals surface area contributed by atoms with E-state index in [1.807, 2.05) is 13.8 Å². The summed E-state index contributed by atoms with van der Waals surface area (Å²) in [4.78, 5) is 0. The maximum absolute atomic E-state index is 11.8. The Kier molecular flexibility index (Phi) is 4.11. The molecule has 1 aromatic carbocycles. The zero-order valence-corrected chi connectivity index (χ0v) is 10.7. The number of nitrogen functional groups attached to an aromatic ring is 1. The summed E-state index contributed by atoms with van der Waals surface area (Å²) < 4.78 is 26.0. The lowest BCUT2D eigenvalue weighted by Gasteiger charge is -2.12. The molecular formula is C11H17N3O2S. The number of rotatable bonds is 5. The smallest absolute Gasteiger partial charge is 0.232 e. The first-order valence-corrected chi connectivity index (χ1v) is 6.90. The van der Waals surface area contributed by atoms with Crippen molar-refractivity contribution in [2.24, 2.45) is 5.92 Å². The fraction of sp³-hybridized carbons (Fsp3) is 0.364. The summed E-state index contributed by atoms with van der Waals surface area (Å²) in [5.41, 5.74) is 6.78. The Bertz CT molecular complexity index is 509. The Labute approximate surface area is 102 Å². The Hall–Kier alpha value is -1.56. The molecular weight excluding hydrogens is 238 g/mol. The quantitative estimate of drug-likeness (QED) is 0.551. The minimum absolute atomic E-state index is 0.0389. The van der Waals surface area contributed by atoms with Gasteiger partial charge < -0.3 is 11.1 Å². The number of hydrogen-bond donors (Lipinski definition) is 3. The van der Waals surface area contributed by atoms with Gasteiger partial charge in [0.15, 0.2) is 0 Å². The average Bonchev–Trinajstić information content (AvgIpc) is 2.14. The van der Waals surface area contributed by atoms with Crippen molar-refractivity contribution in [2.45, 2.75) is 13.8 Å². The molecule has 0 radical (unpaired) electrons. The van der Waals surface area contributed by atoms with E-state index in [9.17, 15) is 8.42 Å². The molecule has 0 saturated heterocycles. The van der Waals surface area contributed by atoms with Crippen molar-refractivity contribution >= 4 is 27.6 Å². The molecule has 94 valence electrons. The van der Waals surface area contributed by atoms with E-state index in [1.165, 1.54) is 0 Å². The van der Waals surface area contributed by atoms with E-state index in [-0.39, 0.29) is 11.7 Å². The molecule has 6 heteroatoms. The largest absolute Gasteiger partial charge is 0.398 e. The fourth-order valence-electron chi connectivity index (χ4n) is 1.48. The monoisotopic (exact) mass is 255 g/mol. The molecule has 0 saturated carbocycles. The zero-order chi connectivity index (χ0) is 13.1. The SMILES string of the molecule is CC(C)CS(=O)(=O)Nc1cccc(N)c1C=N. The van der Waals surface area contributed by atoms with Gasteiger partial charge in [-0.1, -0.05) is 19.9 Å². The van der Waals surface area contributed by atoms with Gasteiger partial charge in [-0.25, -0.2) is 8.42 Å². The summed E-state index contributed by atoms with van der Waals surface area (Å²) in [5, 5.41) is 7.23. The van der Waals surface area contributed by atoms with Gasteiger partial charge in [-0.2, -0.15) is 0 Å². The first-order chi connectivity index (χ1) is 7.85. The third-order valence-electron chi connectivity index (χ3n) is 2.10. The highest BCUT2D eigenvalue weighted by Crippen LogP contribution is 2.21. The van der Waals surface area contributed by atoms with Crippen molar-refractivity contribution in [3.63, 3.8) is 0 Å². The van der Waals surface area contributed by atoms with Crippen LogP contribution in [0.5, 0.6) is 0 Å². The standard InChI is InChI=1S/C11H17N3O2S/c1-8(2)7-17(15,16)14-11-5-3-4-10(13)9(11)6-12/h3-6,8,12,14H,7,13H2,1-2H3. The third-order valence-corrected chi connectivity index (χ3v) is 3.74. The van der Waals surface area contributed by atoms with E-state index in [0.29, 0.717) is 16.9 Å². The highest BCUT2D eigenvalue weighted by atomic mass is 32.2. The number of nitrogens with two attached hydrogens (primary N) is 1. The molecule has 4 N–H and O–H groups in total. The molecule has 0 aromatic heterocycles. The van der Waals surface area contributed by atoms with Crippen LogP contribution in [0.1, 0.15) is 19.4 Å². The van der Waals surface area contributed by atoms with Crippen molar-refractivity contribution < 1.29 is 8.42 Å². The first kappa shape index (κ1) is 13.5. The zero-order valence-electron chi connectivity index (χ0n) is 9.90. The van der Waals surface area contributed by atoms with Crippen molar-refractivity contribution in [3.05, 3.63) is 23.8 Å². The van der Waals surface area contributed by atoms with E-state index in [0.717, 1.165) is 6.21 Å². The van der Waals surface area contributed by atoms with Crippen LogP contribution in [0.2, 0.25) is 0 Å². The summed E-state index contributed by atoms with van der Waals surface area (Å²) in [5.74, 6) is 0.0798. The number of hydrogen-bond acceptors (Lipinski definition) is 4. The van der Waals surface area contributed by atoms with E-state index < -0.39 is 10.0 Å². The van der Waals surface area contributed by atoms with Crippen LogP contribution in [-0.2, 0) is 10.0 Å². The molecule has 0 fully saturated rings. The Balaban J connectivity index is 3.04. The second-order valence-corrected chi connectivity index (χ2v) is 6.00. The van der Waals surface area contributed by atoms with Crippen LogP contribution < -0.4 is 10.5 Å². The Morgan fingerprint density at radius 3 is 2.65 bits per heavy atom. The third kappa shape index (κ3) is 3.74. The van der Waals surface area contributed by atoms with Gasteiger partial charge >= 0.3 is 0 Å². The second-order valence-electron chi connectivity index (χ2n) is 4.23. The molecule has 0 bridgehead atoms. The van der Waals surface area contributed by atoms with Gasteiger partial charge in [0, 0.05) is 17.5 Å². The van der Waals surface area contributed by atoms with Crippen LogP contribution in [0.4, 0.5) is 11.4 Å². The van der Waals surface area contributed by atoms with E-state index in [4.69, 9.17) is 11.1 Å². The molecule has 0 spiro atoms. The lowest BCUT2D eigenvalue weighted by Crippen LogP contribution is -2.21. The van der Waals surface area contributed by atoms with Crippen LogP contribution in [0.25, 0.3) is 0 Å². The molecule has 0 aliphatic carbocycles. The molecule has 17 heavy (non-hydrogen) atoms. The van der Waals surface area contributed by atoms with Crippen LogP contribution in [0, 0.1) is 11.3 Å². The van der Waals surface area contributed by atoms with E-state index in [2.05, 4.69) is 4.72 Å². The Morgan fingerprint density at radius 1 is 1.47 bits per heavy atom. The first-order valence-electron chi connectivity index (χ1n) is 5.25. The Morgan fingerprint density at radius 2 is 2.12 bits per heavy atom. The molecule has 0 heterocycles. The minimum Gasteiger partial charge on any atom is -0.398 e. The van der Waals surface area contributed by atoms with E-state index >= 15 is 0 Å². The lowest BCUT2D eigenvalue weighted by molar-refractivity contribution is 0.587. The molecule has 5 nitrogen and oxygen atoms in total. The van der Waals surface area contributed by atoms with Crippen molar-refractivity contribution in [3.8, 4) is 0 Å². The second kappa shape index (κ2) is 5.18. The van der Waals surface area contributed by atoms with Gasteiger partial charge in [0.2, 0.25) is 10.0 Å². The number of sulfonamides is 1. The van der Waals surface area contributed by atoms with Crippen molar-refractivity contribution in [1.29, 1.82) is 5.41 Å². The predicted octanol–water partition coefficient (Wildman–Crippen LogP) is 1.66. The highest BCUT2D eigenvalue weighted by Gasteiger charge is 2.15. The molecule has 0 amide bonds. The topological polar surface area (TPSA) is 96.0 Å². The molecule has 1 aromatic rings. The molecule has 0 atom stereocenters. The van der Waals surface area contributed by atoms with Gasteiger partial charge in [0.1, 0.15) is 0 Å². The van der Waals surface area contributed by atoms with Crippen LogP contribution in [0.3, 0.4) is 0 Å². The number of nitrogens with one attached hydrogen (secondary N) is 2. The molecule has 0 aliphatic heterocycles. The fourth-order valence-corrected chi connectivity index (χ4v) is 2.96. The predicted molar refractivity (Wildman–Crippen MR) is 71.0 cm³/mol. The van der Waals surface area contributed by atoms with Crippen molar-refractivity contribution in [2.75, 3.05) is 16.2 Å². The van der Waals surface area contributed by atoms with Gasteiger partial charge in [0.25, 0.3) is 0 Å². The average molecular weight is 255 g/mol. The summed E-state index contributed by atoms with van der Waals surface area (Å²) in [7, 11) is -3.39. The van der Waals surface area contributed by atoms with Crippen molar-refractivity contribution in [1.82, 2.24) is 0 Å². The van der Waals surface area contributed by atoms with Gasteiger partial charge in [-0.15, -0.1) is 0 Å². The number of benzene rings is 1. The van der Waals surface area contributed by atoms with Crippen LogP contribution in [-0.4, -0.2) is 20.4 Å².